The topological polar surface area (TPSA) is 24.7 Å². The molecule has 0 saturated heterocycles. The third kappa shape index (κ3) is 2.84. The largest absolute Gasteiger partial charge is 0.289 e. The Bertz CT molecular complexity index is 320. The van der Waals surface area contributed by atoms with Gasteiger partial charge in [-0.05, 0) is 31.1 Å². The summed E-state index contributed by atoms with van der Waals surface area (Å²) >= 11 is 0. The molecule has 1 rings (SSSR count). The molecule has 18 heavy (non-hydrogen) atoms. The van der Waals surface area contributed by atoms with E-state index in [9.17, 15) is 0 Å². The Morgan fingerprint density at radius 2 is 1.61 bits per heavy atom. The molecule has 1 aliphatic heterocycles. The average molecular weight is 250 g/mol. The van der Waals surface area contributed by atoms with Crippen molar-refractivity contribution in [3.8, 4) is 0 Å². The SMILES string of the molecule is CCC(C)(CC)C1=NC(C(C)(CC)CC)CN=C1. The van der Waals surface area contributed by atoms with Crippen molar-refractivity contribution < 1.29 is 0 Å². The summed E-state index contributed by atoms with van der Waals surface area (Å²) in [5, 5.41) is 0. The standard InChI is InChI=1S/C16H30N2/c1-7-15(5,8-2)13-11-17-12-14(18-13)16(6,9-3)10-4/h11,14H,7-10,12H2,1-6H3. The zero-order valence-electron chi connectivity index (χ0n) is 13.1. The molecule has 0 aliphatic carbocycles. The summed E-state index contributed by atoms with van der Waals surface area (Å²) in [6.07, 6.45) is 6.65. The molecular weight excluding hydrogens is 220 g/mol. The summed E-state index contributed by atoms with van der Waals surface area (Å²) < 4.78 is 0. The van der Waals surface area contributed by atoms with Crippen molar-refractivity contribution in [3.63, 3.8) is 0 Å². The van der Waals surface area contributed by atoms with Crippen molar-refractivity contribution in [2.45, 2.75) is 73.3 Å². The van der Waals surface area contributed by atoms with Gasteiger partial charge in [0.05, 0.1) is 18.3 Å². The molecule has 2 nitrogen and oxygen atoms in total. The third-order valence-electron chi connectivity index (χ3n) is 5.39. The maximum atomic E-state index is 5.08. The molecule has 0 aromatic rings. The molecule has 0 radical (unpaired) electrons. The average Bonchev–Trinajstić information content (AvgIpc) is 2.45. The van der Waals surface area contributed by atoms with Gasteiger partial charge in [0.15, 0.2) is 0 Å². The number of rotatable bonds is 6. The second-order valence-electron chi connectivity index (χ2n) is 6.15. The van der Waals surface area contributed by atoms with E-state index in [-0.39, 0.29) is 5.41 Å². The van der Waals surface area contributed by atoms with Gasteiger partial charge in [-0.3, -0.25) is 9.98 Å². The lowest BCUT2D eigenvalue weighted by molar-refractivity contribution is 0.235. The van der Waals surface area contributed by atoms with E-state index in [1.165, 1.54) is 18.6 Å². The molecule has 0 fully saturated rings. The van der Waals surface area contributed by atoms with E-state index in [2.05, 4.69) is 46.5 Å². The molecule has 0 saturated carbocycles. The first-order valence-corrected chi connectivity index (χ1v) is 7.53. The van der Waals surface area contributed by atoms with E-state index < -0.39 is 0 Å². The summed E-state index contributed by atoms with van der Waals surface area (Å²) in [6, 6.07) is 0.366. The summed E-state index contributed by atoms with van der Waals surface area (Å²) in [5.74, 6) is 0. The number of nitrogens with zero attached hydrogens (tertiary/aromatic N) is 2. The Morgan fingerprint density at radius 3 is 2.06 bits per heavy atom. The van der Waals surface area contributed by atoms with Crippen LogP contribution in [0.15, 0.2) is 9.98 Å². The van der Waals surface area contributed by atoms with Gasteiger partial charge in [-0.15, -0.1) is 0 Å². The predicted molar refractivity (Wildman–Crippen MR) is 82.0 cm³/mol. The van der Waals surface area contributed by atoms with Crippen LogP contribution in [0.25, 0.3) is 0 Å². The molecule has 1 aliphatic rings. The lowest BCUT2D eigenvalue weighted by Crippen LogP contribution is -2.39. The van der Waals surface area contributed by atoms with Crippen molar-refractivity contribution in [1.29, 1.82) is 0 Å². The highest BCUT2D eigenvalue weighted by Crippen LogP contribution is 2.36. The van der Waals surface area contributed by atoms with Crippen LogP contribution in [-0.4, -0.2) is 24.5 Å². The first kappa shape index (κ1) is 15.4. The highest BCUT2D eigenvalue weighted by atomic mass is 14.9. The van der Waals surface area contributed by atoms with Gasteiger partial charge < -0.3 is 0 Å². The second kappa shape index (κ2) is 5.99. The zero-order chi connectivity index (χ0) is 13.8. The van der Waals surface area contributed by atoms with Crippen molar-refractivity contribution in [1.82, 2.24) is 0 Å². The molecule has 0 spiro atoms. The van der Waals surface area contributed by atoms with E-state index in [1.54, 1.807) is 0 Å². The van der Waals surface area contributed by atoms with Crippen LogP contribution in [0.1, 0.15) is 67.2 Å². The lowest BCUT2D eigenvalue weighted by Gasteiger charge is -2.37. The smallest absolute Gasteiger partial charge is 0.0752 e. The van der Waals surface area contributed by atoms with Gasteiger partial charge in [-0.2, -0.15) is 0 Å². The molecule has 104 valence electrons. The van der Waals surface area contributed by atoms with Crippen LogP contribution >= 0.6 is 0 Å². The fraction of sp³-hybridized carbons (Fsp3) is 0.875. The summed E-state index contributed by atoms with van der Waals surface area (Å²) in [4.78, 5) is 9.68. The van der Waals surface area contributed by atoms with Gasteiger partial charge in [0.1, 0.15) is 0 Å². The minimum absolute atomic E-state index is 0.199. The van der Waals surface area contributed by atoms with E-state index in [0.29, 0.717) is 11.5 Å². The maximum absolute atomic E-state index is 5.08. The van der Waals surface area contributed by atoms with Gasteiger partial charge >= 0.3 is 0 Å². The molecule has 0 N–H and O–H groups in total. The predicted octanol–water partition coefficient (Wildman–Crippen LogP) is 4.53. The molecule has 0 amide bonds. The van der Waals surface area contributed by atoms with E-state index in [1.807, 2.05) is 6.21 Å². The Morgan fingerprint density at radius 1 is 1.06 bits per heavy atom. The highest BCUT2D eigenvalue weighted by molar-refractivity contribution is 6.33. The van der Waals surface area contributed by atoms with Gasteiger partial charge in [-0.1, -0.05) is 41.5 Å². The fourth-order valence-corrected chi connectivity index (χ4v) is 2.50. The van der Waals surface area contributed by atoms with Gasteiger partial charge in [0, 0.05) is 11.6 Å². The van der Waals surface area contributed by atoms with Crippen LogP contribution in [0.5, 0.6) is 0 Å². The molecular formula is C16H30N2. The Labute approximate surface area is 113 Å². The minimum Gasteiger partial charge on any atom is -0.289 e. The Balaban J connectivity index is 3.02. The normalized spacial score (nSPS) is 21.0. The molecule has 1 heterocycles. The number of hydrogen-bond donors (Lipinski definition) is 0. The van der Waals surface area contributed by atoms with Crippen molar-refractivity contribution in [2.24, 2.45) is 20.8 Å². The number of hydrogen-bond acceptors (Lipinski definition) is 2. The molecule has 1 unspecified atom stereocenters. The highest BCUT2D eigenvalue weighted by Gasteiger charge is 2.35. The molecule has 0 aromatic carbocycles. The minimum atomic E-state index is 0.199. The van der Waals surface area contributed by atoms with Crippen LogP contribution in [-0.2, 0) is 0 Å². The third-order valence-corrected chi connectivity index (χ3v) is 5.39. The van der Waals surface area contributed by atoms with E-state index in [4.69, 9.17) is 4.99 Å². The quantitative estimate of drug-likeness (QED) is 0.661. The van der Waals surface area contributed by atoms with Gasteiger partial charge in [0.25, 0.3) is 0 Å². The van der Waals surface area contributed by atoms with Crippen LogP contribution < -0.4 is 0 Å². The van der Waals surface area contributed by atoms with Crippen LogP contribution in [0, 0.1) is 10.8 Å². The van der Waals surface area contributed by atoms with E-state index in [0.717, 1.165) is 19.4 Å². The monoisotopic (exact) mass is 250 g/mol. The van der Waals surface area contributed by atoms with Crippen LogP contribution in [0.4, 0.5) is 0 Å². The lowest BCUT2D eigenvalue weighted by atomic mass is 9.75. The molecule has 1 atom stereocenters. The summed E-state index contributed by atoms with van der Waals surface area (Å²) in [7, 11) is 0. The second-order valence-corrected chi connectivity index (χ2v) is 6.15. The first-order valence-electron chi connectivity index (χ1n) is 7.53. The number of aliphatic imine (C=N–C) groups is 2. The first-order chi connectivity index (χ1) is 8.45. The summed E-state index contributed by atoms with van der Waals surface area (Å²) in [5.41, 5.74) is 1.72. The zero-order valence-corrected chi connectivity index (χ0v) is 13.1. The summed E-state index contributed by atoms with van der Waals surface area (Å²) in [6.45, 7) is 14.6. The van der Waals surface area contributed by atoms with Crippen LogP contribution in [0.3, 0.4) is 0 Å². The van der Waals surface area contributed by atoms with Crippen LogP contribution in [0.2, 0.25) is 0 Å². The molecule has 0 aromatic heterocycles. The van der Waals surface area contributed by atoms with Crippen molar-refractivity contribution in [2.75, 3.05) is 6.54 Å². The van der Waals surface area contributed by atoms with Crippen molar-refractivity contribution in [3.05, 3.63) is 0 Å². The maximum Gasteiger partial charge on any atom is 0.0752 e. The van der Waals surface area contributed by atoms with E-state index >= 15 is 0 Å². The van der Waals surface area contributed by atoms with Crippen molar-refractivity contribution >= 4 is 11.9 Å². The van der Waals surface area contributed by atoms with Gasteiger partial charge in [0.2, 0.25) is 0 Å². The Kier molecular flexibility index (Phi) is 5.12. The molecule has 2 heteroatoms. The Hall–Kier alpha value is -0.660. The molecule has 0 bridgehead atoms. The fourth-order valence-electron chi connectivity index (χ4n) is 2.50. The van der Waals surface area contributed by atoms with Gasteiger partial charge in [-0.25, -0.2) is 0 Å².